The number of halogens is 1. The molecule has 0 radical (unpaired) electrons. The molecule has 0 aromatic carbocycles. The van der Waals surface area contributed by atoms with Crippen LogP contribution < -0.4 is 16.6 Å². The van der Waals surface area contributed by atoms with Gasteiger partial charge in [0.15, 0.2) is 0 Å². The lowest BCUT2D eigenvalue weighted by atomic mass is 9.73. The molecule has 1 aliphatic carbocycles. The van der Waals surface area contributed by atoms with E-state index in [4.69, 9.17) is 5.73 Å². The Morgan fingerprint density at radius 3 is 3.05 bits per heavy atom. The third-order valence-corrected chi connectivity index (χ3v) is 5.25. The maximum atomic E-state index is 12.2. The second-order valence-corrected chi connectivity index (χ2v) is 6.57. The standard InChI is InChI=1S/C15H23BrN4O/c1-3-8-20-14(21)13(16)12(9-18-20)19-15(10-17)7-5-4-6-11(15)2/h3,9,11,19H,1,4-8,10,17H2,2H3. The Morgan fingerprint density at radius 2 is 2.43 bits per heavy atom. The van der Waals surface area contributed by atoms with Crippen LogP contribution in [-0.4, -0.2) is 21.9 Å². The van der Waals surface area contributed by atoms with Crippen molar-refractivity contribution in [3.05, 3.63) is 33.7 Å². The van der Waals surface area contributed by atoms with Gasteiger partial charge < -0.3 is 11.1 Å². The van der Waals surface area contributed by atoms with Crippen molar-refractivity contribution in [2.45, 2.75) is 44.7 Å². The molecule has 2 atom stereocenters. The molecule has 1 aromatic rings. The van der Waals surface area contributed by atoms with Gasteiger partial charge in [0.2, 0.25) is 0 Å². The van der Waals surface area contributed by atoms with E-state index in [-0.39, 0.29) is 11.1 Å². The van der Waals surface area contributed by atoms with Crippen LogP contribution in [0.15, 0.2) is 28.1 Å². The quantitative estimate of drug-likeness (QED) is 0.796. The van der Waals surface area contributed by atoms with Crippen LogP contribution in [0.5, 0.6) is 0 Å². The van der Waals surface area contributed by atoms with Gasteiger partial charge in [-0.25, -0.2) is 4.68 Å². The molecule has 2 unspecified atom stereocenters. The van der Waals surface area contributed by atoms with Crippen molar-refractivity contribution in [1.29, 1.82) is 0 Å². The third-order valence-electron chi connectivity index (χ3n) is 4.49. The summed E-state index contributed by atoms with van der Waals surface area (Å²) in [6.45, 7) is 6.80. The summed E-state index contributed by atoms with van der Waals surface area (Å²) in [7, 11) is 0. The number of nitrogens with one attached hydrogen (secondary N) is 1. The van der Waals surface area contributed by atoms with Crippen LogP contribution in [0, 0.1) is 5.92 Å². The Hall–Kier alpha value is -1.14. The van der Waals surface area contributed by atoms with Crippen molar-refractivity contribution in [2.24, 2.45) is 11.7 Å². The maximum Gasteiger partial charge on any atom is 0.283 e. The molecule has 0 aliphatic heterocycles. The summed E-state index contributed by atoms with van der Waals surface area (Å²) in [5.41, 5.74) is 6.46. The smallest absolute Gasteiger partial charge is 0.283 e. The number of hydrogen-bond donors (Lipinski definition) is 2. The van der Waals surface area contributed by atoms with E-state index < -0.39 is 0 Å². The van der Waals surface area contributed by atoms with E-state index in [1.54, 1.807) is 12.3 Å². The van der Waals surface area contributed by atoms with E-state index in [9.17, 15) is 4.79 Å². The molecule has 0 amide bonds. The average Bonchev–Trinajstić information content (AvgIpc) is 2.49. The Bertz CT molecular complexity index is 571. The number of allylic oxidation sites excluding steroid dienone is 1. The van der Waals surface area contributed by atoms with Gasteiger partial charge in [-0.15, -0.1) is 6.58 Å². The number of nitrogens with two attached hydrogens (primary N) is 1. The molecule has 21 heavy (non-hydrogen) atoms. The van der Waals surface area contributed by atoms with Gasteiger partial charge >= 0.3 is 0 Å². The molecule has 6 heteroatoms. The number of aromatic nitrogens is 2. The Labute approximate surface area is 133 Å². The predicted molar refractivity (Wildman–Crippen MR) is 89.4 cm³/mol. The molecule has 0 saturated heterocycles. The molecule has 1 aromatic heterocycles. The van der Waals surface area contributed by atoms with Crippen LogP contribution in [0.2, 0.25) is 0 Å². The summed E-state index contributed by atoms with van der Waals surface area (Å²) in [5, 5.41) is 7.68. The third kappa shape index (κ3) is 3.21. The molecule has 5 nitrogen and oxygen atoms in total. The van der Waals surface area contributed by atoms with Crippen molar-refractivity contribution >= 4 is 21.6 Å². The summed E-state index contributed by atoms with van der Waals surface area (Å²) in [6.07, 6.45) is 7.92. The normalized spacial score (nSPS) is 25.6. The second kappa shape index (κ2) is 6.75. The van der Waals surface area contributed by atoms with Crippen molar-refractivity contribution in [3.63, 3.8) is 0 Å². The molecular weight excluding hydrogens is 332 g/mol. The molecule has 116 valence electrons. The Kier molecular flexibility index (Phi) is 5.22. The van der Waals surface area contributed by atoms with Crippen LogP contribution in [0.1, 0.15) is 32.6 Å². The van der Waals surface area contributed by atoms with Gasteiger partial charge in [-0.3, -0.25) is 4.79 Å². The Morgan fingerprint density at radius 1 is 1.67 bits per heavy atom. The van der Waals surface area contributed by atoms with Gasteiger partial charge in [-0.1, -0.05) is 25.8 Å². The first-order valence-corrected chi connectivity index (χ1v) is 8.18. The van der Waals surface area contributed by atoms with Crippen LogP contribution in [0.3, 0.4) is 0 Å². The van der Waals surface area contributed by atoms with Crippen LogP contribution >= 0.6 is 15.9 Å². The summed E-state index contributed by atoms with van der Waals surface area (Å²) in [5.74, 6) is 0.471. The van der Waals surface area contributed by atoms with E-state index >= 15 is 0 Å². The van der Waals surface area contributed by atoms with Crippen molar-refractivity contribution in [1.82, 2.24) is 9.78 Å². The van der Waals surface area contributed by atoms with Crippen molar-refractivity contribution in [3.8, 4) is 0 Å². The highest BCUT2D eigenvalue weighted by Crippen LogP contribution is 2.36. The van der Waals surface area contributed by atoms with Gasteiger partial charge in [0, 0.05) is 6.54 Å². The molecule has 1 saturated carbocycles. The lowest BCUT2D eigenvalue weighted by Gasteiger charge is -2.43. The highest BCUT2D eigenvalue weighted by Gasteiger charge is 2.37. The fourth-order valence-electron chi connectivity index (χ4n) is 3.03. The highest BCUT2D eigenvalue weighted by atomic mass is 79.9. The zero-order chi connectivity index (χ0) is 15.5. The van der Waals surface area contributed by atoms with Gasteiger partial charge in [0.05, 0.1) is 24.0 Å². The number of rotatable bonds is 5. The lowest BCUT2D eigenvalue weighted by molar-refractivity contribution is 0.235. The minimum atomic E-state index is -0.157. The molecule has 3 N–H and O–H groups in total. The molecule has 0 spiro atoms. The van der Waals surface area contributed by atoms with Crippen molar-refractivity contribution < 1.29 is 0 Å². The monoisotopic (exact) mass is 354 g/mol. The van der Waals surface area contributed by atoms with E-state index in [0.717, 1.165) is 24.9 Å². The average molecular weight is 355 g/mol. The first kappa shape index (κ1) is 16.2. The first-order chi connectivity index (χ1) is 10.0. The number of nitrogens with zero attached hydrogens (tertiary/aromatic N) is 2. The lowest BCUT2D eigenvalue weighted by Crippen LogP contribution is -2.52. The summed E-state index contributed by atoms with van der Waals surface area (Å²) in [6, 6.07) is 0. The van der Waals surface area contributed by atoms with E-state index in [1.165, 1.54) is 11.1 Å². The van der Waals surface area contributed by atoms with Gasteiger partial charge in [0.1, 0.15) is 4.47 Å². The topological polar surface area (TPSA) is 72.9 Å². The van der Waals surface area contributed by atoms with Gasteiger partial charge in [-0.2, -0.15) is 5.10 Å². The predicted octanol–water partition coefficient (Wildman–Crippen LogP) is 2.51. The van der Waals surface area contributed by atoms with Gasteiger partial charge in [-0.05, 0) is 34.7 Å². The molecule has 1 aliphatic rings. The molecule has 0 bridgehead atoms. The fourth-order valence-corrected chi connectivity index (χ4v) is 3.43. The minimum Gasteiger partial charge on any atom is -0.376 e. The fraction of sp³-hybridized carbons (Fsp3) is 0.600. The molecule has 1 heterocycles. The Balaban J connectivity index is 2.32. The van der Waals surface area contributed by atoms with Crippen LogP contribution in [0.4, 0.5) is 5.69 Å². The van der Waals surface area contributed by atoms with E-state index in [2.05, 4.69) is 39.8 Å². The second-order valence-electron chi connectivity index (χ2n) is 5.78. The zero-order valence-electron chi connectivity index (χ0n) is 12.4. The number of anilines is 1. The molecule has 2 rings (SSSR count). The van der Waals surface area contributed by atoms with Crippen LogP contribution in [-0.2, 0) is 6.54 Å². The largest absolute Gasteiger partial charge is 0.376 e. The van der Waals surface area contributed by atoms with Gasteiger partial charge in [0.25, 0.3) is 5.56 Å². The molecular formula is C15H23BrN4O. The summed E-state index contributed by atoms with van der Waals surface area (Å²) in [4.78, 5) is 12.2. The highest BCUT2D eigenvalue weighted by molar-refractivity contribution is 9.10. The van der Waals surface area contributed by atoms with E-state index in [1.807, 2.05) is 0 Å². The minimum absolute atomic E-state index is 0.153. The number of hydrogen-bond acceptors (Lipinski definition) is 4. The summed E-state index contributed by atoms with van der Waals surface area (Å²) < 4.78 is 1.88. The van der Waals surface area contributed by atoms with E-state index in [0.29, 0.717) is 23.5 Å². The SMILES string of the molecule is C=CCn1ncc(NC2(CN)CCCCC2C)c(Br)c1=O. The summed E-state index contributed by atoms with van der Waals surface area (Å²) >= 11 is 3.39. The van der Waals surface area contributed by atoms with Crippen molar-refractivity contribution in [2.75, 3.05) is 11.9 Å². The first-order valence-electron chi connectivity index (χ1n) is 7.39. The maximum absolute atomic E-state index is 12.2. The molecule has 1 fully saturated rings. The zero-order valence-corrected chi connectivity index (χ0v) is 14.0. The van der Waals surface area contributed by atoms with Crippen LogP contribution in [0.25, 0.3) is 0 Å².